The van der Waals surface area contributed by atoms with Crippen molar-refractivity contribution in [3.05, 3.63) is 28.2 Å². The largest absolute Gasteiger partial charge is 0.352 e. The number of hydrogen-bond acceptors (Lipinski definition) is 3. The van der Waals surface area contributed by atoms with Gasteiger partial charge in [0.15, 0.2) is 0 Å². The van der Waals surface area contributed by atoms with E-state index in [1.807, 2.05) is 0 Å². The number of rotatable bonds is 6. The minimum atomic E-state index is -3.84. The number of carbonyl (C=O) groups excluding carboxylic acids is 1. The van der Waals surface area contributed by atoms with Gasteiger partial charge in [0.2, 0.25) is 10.0 Å². The molecule has 0 aliphatic heterocycles. The number of nitrogens with two attached hydrogens (primary N) is 1. The Morgan fingerprint density at radius 1 is 1.40 bits per heavy atom. The summed E-state index contributed by atoms with van der Waals surface area (Å²) in [4.78, 5) is 11.9. The van der Waals surface area contributed by atoms with E-state index in [0.29, 0.717) is 16.6 Å². The molecule has 0 saturated heterocycles. The molecule has 7 heteroatoms. The van der Waals surface area contributed by atoms with E-state index in [1.54, 1.807) is 6.07 Å². The van der Waals surface area contributed by atoms with Crippen molar-refractivity contribution in [2.75, 3.05) is 6.54 Å². The van der Waals surface area contributed by atoms with Gasteiger partial charge in [0.05, 0.1) is 4.90 Å². The Morgan fingerprint density at radius 2 is 2.10 bits per heavy atom. The number of nitrogens with one attached hydrogen (secondary N) is 1. The van der Waals surface area contributed by atoms with Crippen molar-refractivity contribution in [3.8, 4) is 0 Å². The first-order valence-electron chi connectivity index (χ1n) is 6.48. The summed E-state index contributed by atoms with van der Waals surface area (Å²) in [7, 11) is -3.84. The van der Waals surface area contributed by atoms with E-state index in [0.717, 1.165) is 18.8 Å². The van der Waals surface area contributed by atoms with E-state index in [2.05, 4.69) is 21.2 Å². The molecule has 1 aliphatic rings. The van der Waals surface area contributed by atoms with Gasteiger partial charge in [-0.25, -0.2) is 13.6 Å². The van der Waals surface area contributed by atoms with Crippen molar-refractivity contribution in [1.82, 2.24) is 5.32 Å². The van der Waals surface area contributed by atoms with Gasteiger partial charge >= 0.3 is 0 Å². The molecule has 110 valence electrons. The van der Waals surface area contributed by atoms with Crippen molar-refractivity contribution in [2.24, 2.45) is 11.1 Å². The van der Waals surface area contributed by atoms with Gasteiger partial charge in [-0.05, 0) is 52.9 Å². The first kappa shape index (κ1) is 15.5. The minimum absolute atomic E-state index is 0.0804. The topological polar surface area (TPSA) is 89.3 Å². The zero-order chi connectivity index (χ0) is 14.8. The molecule has 20 heavy (non-hydrogen) atoms. The number of benzene rings is 1. The molecule has 0 atom stereocenters. The van der Waals surface area contributed by atoms with E-state index in [4.69, 9.17) is 5.14 Å². The van der Waals surface area contributed by atoms with Gasteiger partial charge < -0.3 is 5.32 Å². The molecular weight excluding hydrogens is 344 g/mol. The predicted octanol–water partition coefficient (Wildman–Crippen LogP) is 2.02. The first-order valence-corrected chi connectivity index (χ1v) is 8.82. The molecule has 1 saturated carbocycles. The minimum Gasteiger partial charge on any atom is -0.352 e. The lowest BCUT2D eigenvalue weighted by Gasteiger charge is -2.07. The highest BCUT2D eigenvalue weighted by Crippen LogP contribution is 2.33. The van der Waals surface area contributed by atoms with Gasteiger partial charge in [-0.15, -0.1) is 0 Å². The van der Waals surface area contributed by atoms with Crippen LogP contribution in [0.15, 0.2) is 27.6 Å². The van der Waals surface area contributed by atoms with Crippen molar-refractivity contribution in [2.45, 2.75) is 30.6 Å². The van der Waals surface area contributed by atoms with Crippen LogP contribution in [0.4, 0.5) is 0 Å². The van der Waals surface area contributed by atoms with Gasteiger partial charge in [-0.1, -0.05) is 12.8 Å². The molecule has 2 rings (SSSR count). The Kier molecular flexibility index (Phi) is 4.82. The molecule has 3 N–H and O–H groups in total. The van der Waals surface area contributed by atoms with Crippen LogP contribution in [0.2, 0.25) is 0 Å². The maximum atomic E-state index is 11.9. The summed E-state index contributed by atoms with van der Waals surface area (Å²) in [5, 5.41) is 7.89. The monoisotopic (exact) mass is 360 g/mol. The molecule has 1 aromatic carbocycles. The molecule has 1 amide bonds. The molecule has 0 spiro atoms. The second-order valence-corrected chi connectivity index (χ2v) is 7.42. The van der Waals surface area contributed by atoms with Crippen LogP contribution in [0.25, 0.3) is 0 Å². The second-order valence-electron chi connectivity index (χ2n) is 5.03. The van der Waals surface area contributed by atoms with Crippen molar-refractivity contribution >= 4 is 31.9 Å². The maximum Gasteiger partial charge on any atom is 0.251 e. The summed E-state index contributed by atoms with van der Waals surface area (Å²) < 4.78 is 23.1. The number of primary sulfonamides is 1. The number of halogens is 1. The van der Waals surface area contributed by atoms with E-state index in [1.165, 1.54) is 25.0 Å². The number of sulfonamides is 1. The fraction of sp³-hybridized carbons (Fsp3) is 0.462. The fourth-order valence-corrected chi connectivity index (χ4v) is 3.52. The number of hydrogen-bond donors (Lipinski definition) is 2. The standard InChI is InChI=1S/C13H17BrN2O3S/c14-11-6-5-10(8-12(11)20(15,18)19)13(17)16-7-1-2-9-3-4-9/h5-6,8-9H,1-4,7H2,(H,16,17)(H2,15,18,19). The van der Waals surface area contributed by atoms with Gasteiger partial charge in [0.1, 0.15) is 0 Å². The summed E-state index contributed by atoms with van der Waals surface area (Å²) >= 11 is 3.11. The van der Waals surface area contributed by atoms with Crippen molar-refractivity contribution < 1.29 is 13.2 Å². The number of amides is 1. The summed E-state index contributed by atoms with van der Waals surface area (Å²) in [6, 6.07) is 4.36. The van der Waals surface area contributed by atoms with Gasteiger partial charge in [-0.3, -0.25) is 4.79 Å². The smallest absolute Gasteiger partial charge is 0.251 e. The molecule has 0 bridgehead atoms. The van der Waals surface area contributed by atoms with Gasteiger partial charge in [0, 0.05) is 16.6 Å². The highest BCUT2D eigenvalue weighted by atomic mass is 79.9. The third-order valence-corrected chi connectivity index (χ3v) is 5.18. The highest BCUT2D eigenvalue weighted by molar-refractivity contribution is 9.10. The first-order chi connectivity index (χ1) is 9.38. The van der Waals surface area contributed by atoms with Gasteiger partial charge in [0.25, 0.3) is 5.91 Å². The van der Waals surface area contributed by atoms with Crippen LogP contribution >= 0.6 is 15.9 Å². The van der Waals surface area contributed by atoms with Crippen LogP contribution in [0.1, 0.15) is 36.0 Å². The molecule has 0 heterocycles. The molecule has 0 aromatic heterocycles. The second kappa shape index (κ2) is 6.24. The molecule has 5 nitrogen and oxygen atoms in total. The average molecular weight is 361 g/mol. The molecule has 0 unspecified atom stereocenters. The third kappa shape index (κ3) is 4.29. The van der Waals surface area contributed by atoms with Crippen LogP contribution in [0.3, 0.4) is 0 Å². The Balaban J connectivity index is 1.98. The molecule has 0 radical (unpaired) electrons. The lowest BCUT2D eigenvalue weighted by atomic mass is 10.2. The Morgan fingerprint density at radius 3 is 2.70 bits per heavy atom. The zero-order valence-corrected chi connectivity index (χ0v) is 13.3. The van der Waals surface area contributed by atoms with Crippen LogP contribution in [0, 0.1) is 5.92 Å². The van der Waals surface area contributed by atoms with E-state index >= 15 is 0 Å². The highest BCUT2D eigenvalue weighted by Gasteiger charge is 2.20. The van der Waals surface area contributed by atoms with Crippen molar-refractivity contribution in [1.29, 1.82) is 0 Å². The molecule has 1 aliphatic carbocycles. The van der Waals surface area contributed by atoms with Crippen LogP contribution < -0.4 is 10.5 Å². The zero-order valence-electron chi connectivity index (χ0n) is 10.9. The van der Waals surface area contributed by atoms with E-state index in [9.17, 15) is 13.2 Å². The Labute approximate surface area is 127 Å². The van der Waals surface area contributed by atoms with Crippen LogP contribution in [0.5, 0.6) is 0 Å². The summed E-state index contributed by atoms with van der Waals surface area (Å²) in [5.74, 6) is 0.562. The van der Waals surface area contributed by atoms with Gasteiger partial charge in [-0.2, -0.15) is 0 Å². The average Bonchev–Trinajstić information content (AvgIpc) is 3.17. The molecule has 1 aromatic rings. The lowest BCUT2D eigenvalue weighted by Crippen LogP contribution is -2.25. The molecule has 1 fully saturated rings. The fourth-order valence-electron chi connectivity index (χ4n) is 1.96. The predicted molar refractivity (Wildman–Crippen MR) is 79.8 cm³/mol. The normalized spacial score (nSPS) is 15.1. The summed E-state index contributed by atoms with van der Waals surface area (Å²) in [6.45, 7) is 0.607. The maximum absolute atomic E-state index is 11.9. The lowest BCUT2D eigenvalue weighted by molar-refractivity contribution is 0.0952. The third-order valence-electron chi connectivity index (χ3n) is 3.27. The number of carbonyl (C=O) groups is 1. The quantitative estimate of drug-likeness (QED) is 0.760. The summed E-state index contributed by atoms with van der Waals surface area (Å²) in [5.41, 5.74) is 0.295. The van der Waals surface area contributed by atoms with Crippen LogP contribution in [-0.4, -0.2) is 20.9 Å². The summed E-state index contributed by atoms with van der Waals surface area (Å²) in [6.07, 6.45) is 4.70. The Bertz CT molecular complexity index is 612. The van der Waals surface area contributed by atoms with Crippen LogP contribution in [-0.2, 0) is 10.0 Å². The molecular formula is C13H17BrN2O3S. The van der Waals surface area contributed by atoms with Crippen molar-refractivity contribution in [3.63, 3.8) is 0 Å². The SMILES string of the molecule is NS(=O)(=O)c1cc(C(=O)NCCCC2CC2)ccc1Br. The van der Waals surface area contributed by atoms with E-state index in [-0.39, 0.29) is 10.8 Å². The van der Waals surface area contributed by atoms with E-state index < -0.39 is 10.0 Å². The Hall–Kier alpha value is -0.920.